The van der Waals surface area contributed by atoms with Gasteiger partial charge in [-0.1, -0.05) is 50.2 Å². The second-order valence-electron chi connectivity index (χ2n) is 7.30. The van der Waals surface area contributed by atoms with Gasteiger partial charge >= 0.3 is 5.97 Å². The van der Waals surface area contributed by atoms with Crippen molar-refractivity contribution in [3.8, 4) is 0 Å². The number of rotatable bonds is 9. The highest BCUT2D eigenvalue weighted by Crippen LogP contribution is 2.22. The van der Waals surface area contributed by atoms with Gasteiger partial charge in [0.1, 0.15) is 4.90 Å². The number of aliphatic carboxylic acids is 1. The summed E-state index contributed by atoms with van der Waals surface area (Å²) < 4.78 is 51.4. The van der Waals surface area contributed by atoms with Gasteiger partial charge in [-0.05, 0) is 35.6 Å². The largest absolute Gasteiger partial charge is 0.481 e. The van der Waals surface area contributed by atoms with Crippen LogP contribution in [0.3, 0.4) is 0 Å². The minimum absolute atomic E-state index is 0.336. The Morgan fingerprint density at radius 2 is 1.52 bits per heavy atom. The zero-order valence-electron chi connectivity index (χ0n) is 16.5. The lowest BCUT2D eigenvalue weighted by molar-refractivity contribution is -0.138. The lowest BCUT2D eigenvalue weighted by Gasteiger charge is -2.16. The highest BCUT2D eigenvalue weighted by molar-refractivity contribution is 7.93. The van der Waals surface area contributed by atoms with Gasteiger partial charge in [-0.2, -0.15) is 0 Å². The van der Waals surface area contributed by atoms with Crippen molar-refractivity contribution < 1.29 is 26.7 Å². The van der Waals surface area contributed by atoms with Crippen LogP contribution < -0.4 is 4.72 Å². The average Bonchev–Trinajstić information content (AvgIpc) is 2.61. The van der Waals surface area contributed by atoms with Gasteiger partial charge in [0.25, 0.3) is 0 Å². The Kier molecular flexibility index (Phi) is 7.20. The molecule has 0 saturated carbocycles. The normalized spacial score (nSPS) is 13.4. The highest BCUT2D eigenvalue weighted by Gasteiger charge is 2.27. The summed E-state index contributed by atoms with van der Waals surface area (Å²) in [5.41, 5.74) is 1.53. The molecule has 2 N–H and O–H groups in total. The summed E-state index contributed by atoms with van der Waals surface area (Å²) in [5.74, 6) is -1.83. The standard InChI is InChI=1S/C20H25NO6S2/c1-14(2)12-15-8-10-16(11-9-15)17(20(22)23)13-21-29(26,27)19-7-5-4-6-18(19)28(3,24)25/h4-11,14,17,21H,12-13H2,1-3H3,(H,22,23). The molecule has 0 heterocycles. The number of nitrogens with one attached hydrogen (secondary N) is 1. The Morgan fingerprint density at radius 1 is 0.966 bits per heavy atom. The van der Waals surface area contributed by atoms with Crippen molar-refractivity contribution in [3.05, 3.63) is 59.7 Å². The summed E-state index contributed by atoms with van der Waals surface area (Å²) in [6.07, 6.45) is 1.77. The predicted octanol–water partition coefficient (Wildman–Crippen LogP) is 2.44. The van der Waals surface area contributed by atoms with Gasteiger partial charge in [-0.3, -0.25) is 4.79 Å². The van der Waals surface area contributed by atoms with E-state index in [-0.39, 0.29) is 4.90 Å². The number of sulfone groups is 1. The van der Waals surface area contributed by atoms with Crippen molar-refractivity contribution in [3.63, 3.8) is 0 Å². The number of hydrogen-bond donors (Lipinski definition) is 2. The number of benzene rings is 2. The van der Waals surface area contributed by atoms with Crippen LogP contribution in [-0.2, 0) is 31.1 Å². The summed E-state index contributed by atoms with van der Waals surface area (Å²) >= 11 is 0. The molecule has 0 aromatic heterocycles. The Bertz CT molecular complexity index is 1070. The molecular weight excluding hydrogens is 414 g/mol. The van der Waals surface area contributed by atoms with Gasteiger partial charge in [-0.25, -0.2) is 21.6 Å². The van der Waals surface area contributed by atoms with Crippen molar-refractivity contribution >= 4 is 25.8 Å². The molecule has 0 aliphatic heterocycles. The topological polar surface area (TPSA) is 118 Å². The van der Waals surface area contributed by atoms with Crippen LogP contribution in [0.4, 0.5) is 0 Å². The lowest BCUT2D eigenvalue weighted by Crippen LogP contribution is -2.32. The lowest BCUT2D eigenvalue weighted by atomic mass is 9.96. The van der Waals surface area contributed by atoms with Gasteiger partial charge in [-0.15, -0.1) is 0 Å². The molecule has 0 radical (unpaired) electrons. The molecule has 29 heavy (non-hydrogen) atoms. The van der Waals surface area contributed by atoms with E-state index in [9.17, 15) is 26.7 Å². The average molecular weight is 440 g/mol. The molecule has 1 unspecified atom stereocenters. The van der Waals surface area contributed by atoms with E-state index in [4.69, 9.17) is 0 Å². The Balaban J connectivity index is 2.26. The third kappa shape index (κ3) is 6.12. The molecule has 0 bridgehead atoms. The van der Waals surface area contributed by atoms with Crippen molar-refractivity contribution in [1.82, 2.24) is 4.72 Å². The second-order valence-corrected chi connectivity index (χ2v) is 11.0. The summed E-state index contributed by atoms with van der Waals surface area (Å²) in [6.45, 7) is 3.76. The zero-order chi connectivity index (χ0) is 21.8. The zero-order valence-corrected chi connectivity index (χ0v) is 18.1. The fraction of sp³-hybridized carbons (Fsp3) is 0.350. The minimum Gasteiger partial charge on any atom is -0.481 e. The van der Waals surface area contributed by atoms with Gasteiger partial charge in [0, 0.05) is 12.8 Å². The first-order valence-electron chi connectivity index (χ1n) is 9.02. The molecule has 0 spiro atoms. The van der Waals surface area contributed by atoms with Crippen LogP contribution in [0.15, 0.2) is 58.3 Å². The molecule has 9 heteroatoms. The second kappa shape index (κ2) is 9.06. The summed E-state index contributed by atoms with van der Waals surface area (Å²) in [5, 5.41) is 9.56. The predicted molar refractivity (Wildman–Crippen MR) is 110 cm³/mol. The number of carboxylic acid groups (broad SMARTS) is 1. The fourth-order valence-corrected chi connectivity index (χ4v) is 5.63. The van der Waals surface area contributed by atoms with Gasteiger partial charge in [0.15, 0.2) is 9.84 Å². The summed E-state index contributed by atoms with van der Waals surface area (Å²) in [6, 6.07) is 12.2. The molecule has 7 nitrogen and oxygen atoms in total. The van der Waals surface area contributed by atoms with E-state index in [1.165, 1.54) is 24.3 Å². The summed E-state index contributed by atoms with van der Waals surface area (Å²) in [4.78, 5) is 11.0. The highest BCUT2D eigenvalue weighted by atomic mass is 32.2. The van der Waals surface area contributed by atoms with E-state index >= 15 is 0 Å². The van der Waals surface area contributed by atoms with Crippen LogP contribution in [0.2, 0.25) is 0 Å². The quantitative estimate of drug-likeness (QED) is 0.620. The van der Waals surface area contributed by atoms with Crippen molar-refractivity contribution in [2.45, 2.75) is 36.0 Å². The van der Waals surface area contributed by atoms with E-state index in [1.807, 2.05) is 12.1 Å². The Hall–Kier alpha value is -2.23. The van der Waals surface area contributed by atoms with Gasteiger partial charge < -0.3 is 5.11 Å². The minimum atomic E-state index is -4.23. The van der Waals surface area contributed by atoms with Gasteiger partial charge in [0.05, 0.1) is 10.8 Å². The van der Waals surface area contributed by atoms with E-state index < -0.39 is 43.2 Å². The molecule has 0 amide bonds. The van der Waals surface area contributed by atoms with Crippen LogP contribution in [0, 0.1) is 5.92 Å². The van der Waals surface area contributed by atoms with Crippen molar-refractivity contribution in [2.24, 2.45) is 5.92 Å². The molecule has 0 aliphatic carbocycles. The van der Waals surface area contributed by atoms with Crippen LogP contribution in [-0.4, -0.2) is 40.7 Å². The number of carboxylic acids is 1. The third-order valence-electron chi connectivity index (χ3n) is 4.34. The molecule has 2 aromatic rings. The molecule has 0 aliphatic rings. The maximum atomic E-state index is 12.7. The molecule has 0 saturated heterocycles. The first kappa shape index (κ1) is 23.1. The summed E-state index contributed by atoms with van der Waals surface area (Å²) in [7, 11) is -8.00. The van der Waals surface area contributed by atoms with Crippen LogP contribution in [0.5, 0.6) is 0 Å². The van der Waals surface area contributed by atoms with E-state index in [1.54, 1.807) is 12.1 Å². The van der Waals surface area contributed by atoms with E-state index in [0.717, 1.165) is 18.2 Å². The van der Waals surface area contributed by atoms with Crippen molar-refractivity contribution in [2.75, 3.05) is 12.8 Å². The maximum Gasteiger partial charge on any atom is 0.312 e. The van der Waals surface area contributed by atoms with E-state index in [2.05, 4.69) is 18.6 Å². The van der Waals surface area contributed by atoms with Crippen LogP contribution >= 0.6 is 0 Å². The smallest absolute Gasteiger partial charge is 0.312 e. The molecule has 2 aromatic carbocycles. The van der Waals surface area contributed by atoms with Crippen LogP contribution in [0.25, 0.3) is 0 Å². The molecule has 1 atom stereocenters. The van der Waals surface area contributed by atoms with E-state index in [0.29, 0.717) is 11.5 Å². The number of hydrogen-bond acceptors (Lipinski definition) is 5. The molecule has 0 fully saturated rings. The monoisotopic (exact) mass is 439 g/mol. The van der Waals surface area contributed by atoms with Crippen LogP contribution in [0.1, 0.15) is 30.9 Å². The Morgan fingerprint density at radius 3 is 2.00 bits per heavy atom. The third-order valence-corrected chi connectivity index (χ3v) is 7.11. The molecular formula is C20H25NO6S2. The fourth-order valence-electron chi connectivity index (χ4n) is 2.95. The Labute approximate surface area is 171 Å². The first-order valence-corrected chi connectivity index (χ1v) is 12.4. The maximum absolute atomic E-state index is 12.7. The first-order chi connectivity index (χ1) is 13.4. The molecule has 2 rings (SSSR count). The number of sulfonamides is 1. The molecule has 158 valence electrons. The van der Waals surface area contributed by atoms with Crippen molar-refractivity contribution in [1.29, 1.82) is 0 Å². The number of carbonyl (C=O) groups is 1. The SMILES string of the molecule is CC(C)Cc1ccc(C(CNS(=O)(=O)c2ccccc2S(C)(=O)=O)C(=O)O)cc1. The van der Waals surface area contributed by atoms with Gasteiger partial charge in [0.2, 0.25) is 10.0 Å².